The van der Waals surface area contributed by atoms with Crippen LogP contribution < -0.4 is 0 Å². The van der Waals surface area contributed by atoms with Crippen molar-refractivity contribution in [2.75, 3.05) is 31.2 Å². The van der Waals surface area contributed by atoms with Crippen LogP contribution in [-0.4, -0.2) is 48.0 Å². The number of ether oxygens (including phenoxy) is 1. The van der Waals surface area contributed by atoms with E-state index < -0.39 is 0 Å². The summed E-state index contributed by atoms with van der Waals surface area (Å²) in [6, 6.07) is 0. The second-order valence-corrected chi connectivity index (χ2v) is 5.98. The van der Waals surface area contributed by atoms with Gasteiger partial charge < -0.3 is 9.64 Å². The summed E-state index contributed by atoms with van der Waals surface area (Å²) >= 11 is 1.85. The molecular weight excluding hydrogens is 274 g/mol. The van der Waals surface area contributed by atoms with Gasteiger partial charge in [0.1, 0.15) is 0 Å². The first-order valence-corrected chi connectivity index (χ1v) is 8.82. The molecule has 0 N–H and O–H groups in total. The van der Waals surface area contributed by atoms with Crippen molar-refractivity contribution in [2.24, 2.45) is 0 Å². The molecule has 0 rings (SSSR count). The molecule has 5 heteroatoms. The Morgan fingerprint density at radius 2 is 1.65 bits per heavy atom. The third-order valence-corrected chi connectivity index (χ3v) is 3.99. The average Bonchev–Trinajstić information content (AvgIpc) is 2.44. The fourth-order valence-corrected chi connectivity index (χ4v) is 2.61. The van der Waals surface area contributed by atoms with Gasteiger partial charge in [0.05, 0.1) is 0 Å². The van der Waals surface area contributed by atoms with Gasteiger partial charge in [0, 0.05) is 19.5 Å². The van der Waals surface area contributed by atoms with Crippen LogP contribution in [0.5, 0.6) is 0 Å². The number of amides is 1. The van der Waals surface area contributed by atoms with E-state index in [2.05, 4.69) is 6.92 Å². The van der Waals surface area contributed by atoms with Gasteiger partial charge in [0.2, 0.25) is 0 Å². The molecule has 0 aliphatic rings. The maximum atomic E-state index is 11.9. The molecule has 0 spiro atoms. The highest BCUT2D eigenvalue weighted by Gasteiger charge is 2.13. The van der Waals surface area contributed by atoms with Gasteiger partial charge in [-0.2, -0.15) is 11.8 Å². The van der Waals surface area contributed by atoms with Gasteiger partial charge in [0.25, 0.3) is 5.91 Å². The van der Waals surface area contributed by atoms with Crippen molar-refractivity contribution in [3.63, 3.8) is 0 Å². The van der Waals surface area contributed by atoms with Crippen LogP contribution in [0.2, 0.25) is 0 Å². The average molecular weight is 303 g/mol. The third kappa shape index (κ3) is 10.1. The Labute approximate surface area is 127 Å². The first-order valence-electron chi connectivity index (χ1n) is 7.66. The summed E-state index contributed by atoms with van der Waals surface area (Å²) in [5.41, 5.74) is 0. The van der Waals surface area contributed by atoms with Crippen molar-refractivity contribution >= 4 is 23.6 Å². The van der Waals surface area contributed by atoms with Crippen LogP contribution in [0.15, 0.2) is 0 Å². The molecule has 0 heterocycles. The Hall–Kier alpha value is -0.710. The Balaban J connectivity index is 3.77. The summed E-state index contributed by atoms with van der Waals surface area (Å²) in [6.45, 7) is 7.58. The summed E-state index contributed by atoms with van der Waals surface area (Å²) in [4.78, 5) is 25.2. The molecule has 0 fully saturated rings. The van der Waals surface area contributed by atoms with E-state index in [1.54, 1.807) is 4.90 Å². The molecule has 1 amide bonds. The van der Waals surface area contributed by atoms with Crippen LogP contribution in [0.1, 0.15) is 52.9 Å². The van der Waals surface area contributed by atoms with Gasteiger partial charge in [-0.05, 0) is 37.2 Å². The second kappa shape index (κ2) is 13.3. The smallest absolute Gasteiger partial charge is 0.306 e. The highest BCUT2D eigenvalue weighted by molar-refractivity contribution is 7.99. The molecular formula is C15H29NO3S. The van der Waals surface area contributed by atoms with Crippen molar-refractivity contribution in [1.82, 2.24) is 4.90 Å². The first kappa shape index (κ1) is 19.3. The second-order valence-electron chi connectivity index (χ2n) is 4.76. The maximum absolute atomic E-state index is 11.9. The van der Waals surface area contributed by atoms with Crippen LogP contribution in [0, 0.1) is 0 Å². The number of nitrogens with zero attached hydrogens (tertiary/aromatic N) is 1. The van der Waals surface area contributed by atoms with E-state index in [0.717, 1.165) is 50.3 Å². The van der Waals surface area contributed by atoms with E-state index >= 15 is 0 Å². The number of hydrogen-bond acceptors (Lipinski definition) is 4. The van der Waals surface area contributed by atoms with Crippen molar-refractivity contribution in [3.8, 4) is 0 Å². The topological polar surface area (TPSA) is 46.6 Å². The molecule has 0 aliphatic carbocycles. The van der Waals surface area contributed by atoms with Gasteiger partial charge in [-0.1, -0.05) is 20.8 Å². The number of thioether (sulfide) groups is 1. The fraction of sp³-hybridized carbons (Fsp3) is 0.867. The fourth-order valence-electron chi connectivity index (χ4n) is 1.77. The standard InChI is InChI=1S/C15H29NO3S/c1-4-9-16(10-5-2)14(17)13-19-15(18)8-7-12-20-11-6-3/h4-13H2,1-3H3. The van der Waals surface area contributed by atoms with E-state index in [1.165, 1.54) is 0 Å². The number of carbonyl (C=O) groups excluding carboxylic acids is 2. The Bertz CT molecular complexity index is 266. The van der Waals surface area contributed by atoms with Crippen LogP contribution >= 0.6 is 11.8 Å². The predicted molar refractivity (Wildman–Crippen MR) is 85.0 cm³/mol. The number of hydrogen-bond donors (Lipinski definition) is 0. The molecule has 0 aromatic carbocycles. The maximum Gasteiger partial charge on any atom is 0.306 e. The number of carbonyl (C=O) groups is 2. The molecule has 0 aromatic rings. The van der Waals surface area contributed by atoms with E-state index in [9.17, 15) is 9.59 Å². The summed E-state index contributed by atoms with van der Waals surface area (Å²) in [7, 11) is 0. The molecule has 4 nitrogen and oxygen atoms in total. The lowest BCUT2D eigenvalue weighted by Crippen LogP contribution is -2.35. The van der Waals surface area contributed by atoms with Crippen molar-refractivity contribution in [1.29, 1.82) is 0 Å². The van der Waals surface area contributed by atoms with Crippen LogP contribution in [0.4, 0.5) is 0 Å². The molecule has 0 saturated heterocycles. The zero-order chi connectivity index (χ0) is 15.2. The summed E-state index contributed by atoms with van der Waals surface area (Å²) in [5.74, 6) is 1.77. The van der Waals surface area contributed by atoms with Crippen LogP contribution in [-0.2, 0) is 14.3 Å². The number of esters is 1. The molecule has 0 unspecified atom stereocenters. The van der Waals surface area contributed by atoms with Crippen molar-refractivity contribution in [3.05, 3.63) is 0 Å². The molecule has 0 atom stereocenters. The largest absolute Gasteiger partial charge is 0.456 e. The van der Waals surface area contributed by atoms with E-state index in [0.29, 0.717) is 6.42 Å². The lowest BCUT2D eigenvalue weighted by atomic mass is 10.3. The Morgan fingerprint density at radius 3 is 2.20 bits per heavy atom. The predicted octanol–water partition coefficient (Wildman–Crippen LogP) is 3.10. The molecule has 0 aromatic heterocycles. The van der Waals surface area contributed by atoms with E-state index in [1.807, 2.05) is 25.6 Å². The van der Waals surface area contributed by atoms with Gasteiger partial charge in [-0.3, -0.25) is 9.59 Å². The normalized spacial score (nSPS) is 10.3. The minimum absolute atomic E-state index is 0.0811. The quantitative estimate of drug-likeness (QED) is 0.410. The van der Waals surface area contributed by atoms with E-state index in [4.69, 9.17) is 4.74 Å². The summed E-state index contributed by atoms with van der Waals surface area (Å²) < 4.78 is 5.04. The number of rotatable bonds is 12. The highest BCUT2D eigenvalue weighted by Crippen LogP contribution is 2.06. The highest BCUT2D eigenvalue weighted by atomic mass is 32.2. The third-order valence-electron chi connectivity index (χ3n) is 2.71. The van der Waals surface area contributed by atoms with Crippen molar-refractivity contribution in [2.45, 2.75) is 52.9 Å². The molecule has 118 valence electrons. The first-order chi connectivity index (χ1) is 9.65. The van der Waals surface area contributed by atoms with Gasteiger partial charge in [-0.15, -0.1) is 0 Å². The van der Waals surface area contributed by atoms with Crippen molar-refractivity contribution < 1.29 is 14.3 Å². The van der Waals surface area contributed by atoms with E-state index in [-0.39, 0.29) is 18.5 Å². The molecule has 0 bridgehead atoms. The van der Waals surface area contributed by atoms with Gasteiger partial charge in [-0.25, -0.2) is 0 Å². The summed E-state index contributed by atoms with van der Waals surface area (Å²) in [5, 5.41) is 0. The minimum Gasteiger partial charge on any atom is -0.456 e. The Morgan fingerprint density at radius 1 is 1.00 bits per heavy atom. The molecule has 0 aliphatic heterocycles. The monoisotopic (exact) mass is 303 g/mol. The molecule has 20 heavy (non-hydrogen) atoms. The zero-order valence-electron chi connectivity index (χ0n) is 13.2. The Kier molecular flexibility index (Phi) is 12.8. The summed E-state index contributed by atoms with van der Waals surface area (Å²) in [6.07, 6.45) is 4.24. The zero-order valence-corrected chi connectivity index (χ0v) is 14.0. The van der Waals surface area contributed by atoms with Crippen LogP contribution in [0.25, 0.3) is 0 Å². The molecule has 0 saturated carbocycles. The van der Waals surface area contributed by atoms with Gasteiger partial charge in [0.15, 0.2) is 6.61 Å². The minimum atomic E-state index is -0.261. The molecule has 0 radical (unpaired) electrons. The lowest BCUT2D eigenvalue weighted by molar-refractivity contribution is -0.152. The SMILES string of the molecule is CCCSCCCC(=O)OCC(=O)N(CCC)CCC. The van der Waals surface area contributed by atoms with Crippen LogP contribution in [0.3, 0.4) is 0 Å². The lowest BCUT2D eigenvalue weighted by Gasteiger charge is -2.21. The van der Waals surface area contributed by atoms with Gasteiger partial charge >= 0.3 is 5.97 Å².